The van der Waals surface area contributed by atoms with Gasteiger partial charge in [-0.05, 0) is 31.5 Å². The van der Waals surface area contributed by atoms with Crippen molar-refractivity contribution in [2.75, 3.05) is 0 Å². The van der Waals surface area contributed by atoms with E-state index in [9.17, 15) is 18.3 Å². The van der Waals surface area contributed by atoms with E-state index >= 15 is 0 Å². The van der Waals surface area contributed by atoms with E-state index in [1.165, 1.54) is 6.07 Å². The Morgan fingerprint density at radius 1 is 0.957 bits per heavy atom. The van der Waals surface area contributed by atoms with Crippen molar-refractivity contribution in [3.8, 4) is 11.3 Å². The zero-order valence-corrected chi connectivity index (χ0v) is 12.3. The number of fused-ring (bicyclic) bond motifs is 1. The van der Waals surface area contributed by atoms with Gasteiger partial charge in [0.05, 0.1) is 11.3 Å². The van der Waals surface area contributed by atoms with Crippen LogP contribution in [0.25, 0.3) is 16.9 Å². The lowest BCUT2D eigenvalue weighted by molar-refractivity contribution is -0.146. The van der Waals surface area contributed by atoms with Crippen molar-refractivity contribution < 1.29 is 18.3 Å². The minimum absolute atomic E-state index is 0.0224. The minimum atomic E-state index is -4.63. The highest BCUT2D eigenvalue weighted by Crippen LogP contribution is 2.28. The molecule has 0 aliphatic rings. The molecule has 120 valence electrons. The zero-order chi connectivity index (χ0) is 16.8. The van der Waals surface area contributed by atoms with Gasteiger partial charge in [-0.25, -0.2) is 0 Å². The van der Waals surface area contributed by atoms with Crippen LogP contribution in [0.2, 0.25) is 0 Å². The minimum Gasteiger partial charge on any atom is -0.386 e. The first-order valence-electron chi connectivity index (χ1n) is 6.79. The maximum absolute atomic E-state index is 12.9. The van der Waals surface area contributed by atoms with E-state index in [2.05, 4.69) is 15.3 Å². The lowest BCUT2D eigenvalue weighted by atomic mass is 9.97. The van der Waals surface area contributed by atoms with Gasteiger partial charge in [0.25, 0.3) is 5.82 Å². The van der Waals surface area contributed by atoms with Crippen LogP contribution in [0.5, 0.6) is 0 Å². The van der Waals surface area contributed by atoms with E-state index < -0.39 is 17.6 Å². The summed E-state index contributed by atoms with van der Waals surface area (Å²) in [6, 6.07) is 9.80. The van der Waals surface area contributed by atoms with Crippen LogP contribution < -0.4 is 0 Å². The summed E-state index contributed by atoms with van der Waals surface area (Å²) in [5.41, 5.74) is 0.705. The first kappa shape index (κ1) is 15.4. The number of hydrogen-bond acceptors (Lipinski definition) is 4. The summed E-state index contributed by atoms with van der Waals surface area (Å²) in [4.78, 5) is 0. The van der Waals surface area contributed by atoms with Crippen molar-refractivity contribution in [1.82, 2.24) is 19.8 Å². The molecule has 1 N–H and O–H groups in total. The summed E-state index contributed by atoms with van der Waals surface area (Å²) in [6.45, 7) is 3.30. The average molecular weight is 322 g/mol. The van der Waals surface area contributed by atoms with Crippen LogP contribution in [-0.2, 0) is 11.8 Å². The van der Waals surface area contributed by atoms with E-state index in [1.807, 2.05) is 0 Å². The van der Waals surface area contributed by atoms with Crippen molar-refractivity contribution in [1.29, 1.82) is 0 Å². The van der Waals surface area contributed by atoms with E-state index in [1.54, 1.807) is 44.2 Å². The molecule has 0 unspecified atom stereocenters. The summed E-state index contributed by atoms with van der Waals surface area (Å²) < 4.78 is 39.3. The molecule has 0 saturated heterocycles. The van der Waals surface area contributed by atoms with E-state index in [0.29, 0.717) is 21.3 Å². The zero-order valence-electron chi connectivity index (χ0n) is 12.3. The van der Waals surface area contributed by atoms with E-state index in [-0.39, 0.29) is 5.65 Å². The predicted octanol–water partition coefficient (Wildman–Crippen LogP) is 3.04. The van der Waals surface area contributed by atoms with Crippen molar-refractivity contribution >= 4 is 5.65 Å². The van der Waals surface area contributed by atoms with Gasteiger partial charge in [-0.1, -0.05) is 24.3 Å². The Morgan fingerprint density at radius 2 is 1.61 bits per heavy atom. The van der Waals surface area contributed by atoms with Crippen LogP contribution in [0.4, 0.5) is 13.2 Å². The molecular formula is C15H13F3N4O. The molecule has 0 aliphatic heterocycles. The predicted molar refractivity (Wildman–Crippen MR) is 76.5 cm³/mol. The molecule has 0 amide bonds. The van der Waals surface area contributed by atoms with E-state index in [4.69, 9.17) is 0 Å². The first-order chi connectivity index (χ1) is 10.7. The van der Waals surface area contributed by atoms with Crippen LogP contribution in [0.1, 0.15) is 25.2 Å². The molecule has 0 spiro atoms. The summed E-state index contributed by atoms with van der Waals surface area (Å²) >= 11 is 0. The third-order valence-corrected chi connectivity index (χ3v) is 3.40. The van der Waals surface area contributed by atoms with Crippen LogP contribution in [-0.4, -0.2) is 24.9 Å². The molecule has 3 aromatic rings. The molecule has 2 aromatic heterocycles. The third kappa shape index (κ3) is 2.89. The van der Waals surface area contributed by atoms with Gasteiger partial charge in [-0.2, -0.15) is 22.8 Å². The topological polar surface area (TPSA) is 63.3 Å². The maximum Gasteiger partial charge on any atom is 0.453 e. The summed E-state index contributed by atoms with van der Waals surface area (Å²) in [5, 5.41) is 20.5. The van der Waals surface area contributed by atoms with Gasteiger partial charge in [0, 0.05) is 5.56 Å². The number of aromatic nitrogens is 4. The highest BCUT2D eigenvalue weighted by atomic mass is 19.4. The lowest BCUT2D eigenvalue weighted by Gasteiger charge is -2.17. The lowest BCUT2D eigenvalue weighted by Crippen LogP contribution is -2.15. The van der Waals surface area contributed by atoms with Gasteiger partial charge in [-0.15, -0.1) is 10.2 Å². The SMILES string of the molecule is CC(C)(O)c1ccc(-c2ccc3nnc(C(F)(F)F)n3n2)cc1. The summed E-state index contributed by atoms with van der Waals surface area (Å²) in [7, 11) is 0. The van der Waals surface area contributed by atoms with Crippen molar-refractivity contribution in [3.63, 3.8) is 0 Å². The van der Waals surface area contributed by atoms with Gasteiger partial charge >= 0.3 is 6.18 Å². The second kappa shape index (κ2) is 5.02. The average Bonchev–Trinajstić information content (AvgIpc) is 2.89. The number of rotatable bonds is 2. The molecular weight excluding hydrogens is 309 g/mol. The normalized spacial score (nSPS) is 12.8. The number of aliphatic hydroxyl groups is 1. The molecule has 0 saturated carbocycles. The van der Waals surface area contributed by atoms with E-state index in [0.717, 1.165) is 0 Å². The molecule has 2 heterocycles. The highest BCUT2D eigenvalue weighted by molar-refractivity contribution is 5.60. The van der Waals surface area contributed by atoms with Crippen LogP contribution in [0.15, 0.2) is 36.4 Å². The van der Waals surface area contributed by atoms with Gasteiger partial charge < -0.3 is 5.11 Å². The Kier molecular flexibility index (Phi) is 3.36. The molecule has 3 rings (SSSR count). The molecule has 0 radical (unpaired) electrons. The monoisotopic (exact) mass is 322 g/mol. The Labute approximate surface area is 129 Å². The van der Waals surface area contributed by atoms with Gasteiger partial charge in [0.1, 0.15) is 0 Å². The van der Waals surface area contributed by atoms with Crippen molar-refractivity contribution in [2.24, 2.45) is 0 Å². The Balaban J connectivity index is 2.07. The summed E-state index contributed by atoms with van der Waals surface area (Å²) in [6.07, 6.45) is -4.63. The summed E-state index contributed by atoms with van der Waals surface area (Å²) in [5.74, 6) is -1.16. The number of halogens is 3. The molecule has 23 heavy (non-hydrogen) atoms. The van der Waals surface area contributed by atoms with Gasteiger partial charge in [-0.3, -0.25) is 0 Å². The molecule has 1 aromatic carbocycles. The second-order valence-electron chi connectivity index (χ2n) is 5.65. The second-order valence-corrected chi connectivity index (χ2v) is 5.65. The number of alkyl halides is 3. The van der Waals surface area contributed by atoms with Crippen LogP contribution in [0.3, 0.4) is 0 Å². The smallest absolute Gasteiger partial charge is 0.386 e. The number of nitrogens with zero attached hydrogens (tertiary/aromatic N) is 4. The Hall–Kier alpha value is -2.48. The van der Waals surface area contributed by atoms with Crippen LogP contribution in [0, 0.1) is 0 Å². The first-order valence-corrected chi connectivity index (χ1v) is 6.79. The molecule has 0 fully saturated rings. The van der Waals surface area contributed by atoms with Crippen LogP contribution >= 0.6 is 0 Å². The van der Waals surface area contributed by atoms with Gasteiger partial charge in [0.2, 0.25) is 0 Å². The Bertz CT molecular complexity index is 848. The number of hydrogen-bond donors (Lipinski definition) is 1. The standard InChI is InChI=1S/C15H13F3N4O/c1-14(2,23)10-5-3-9(4-6-10)11-7-8-12-19-20-13(15(16,17)18)22(12)21-11/h3-8,23H,1-2H3. The largest absolute Gasteiger partial charge is 0.453 e. The number of benzene rings is 1. The molecule has 8 heteroatoms. The molecule has 0 aliphatic carbocycles. The van der Waals surface area contributed by atoms with Crippen molar-refractivity contribution in [3.05, 3.63) is 47.8 Å². The fourth-order valence-electron chi connectivity index (χ4n) is 2.17. The van der Waals surface area contributed by atoms with Crippen molar-refractivity contribution in [2.45, 2.75) is 25.6 Å². The molecule has 5 nitrogen and oxygen atoms in total. The fraction of sp³-hybridized carbons (Fsp3) is 0.267. The van der Waals surface area contributed by atoms with Gasteiger partial charge in [0.15, 0.2) is 5.65 Å². The fourth-order valence-corrected chi connectivity index (χ4v) is 2.17. The molecule has 0 atom stereocenters. The Morgan fingerprint density at radius 3 is 2.17 bits per heavy atom. The third-order valence-electron chi connectivity index (χ3n) is 3.40. The maximum atomic E-state index is 12.9. The molecule has 0 bridgehead atoms. The quantitative estimate of drug-likeness (QED) is 0.788. The highest BCUT2D eigenvalue weighted by Gasteiger charge is 2.37.